The molecule has 0 fully saturated rings. The monoisotopic (exact) mass is 523 g/mol. The summed E-state index contributed by atoms with van der Waals surface area (Å²) in [5.74, 6) is 0.459. The molecule has 2 aromatic rings. The van der Waals surface area contributed by atoms with Crippen molar-refractivity contribution in [1.82, 2.24) is 0 Å². The summed E-state index contributed by atoms with van der Waals surface area (Å²) in [5, 5.41) is 0. The molecule has 3 atom stereocenters. The molecule has 0 spiro atoms. The van der Waals surface area contributed by atoms with Crippen LogP contribution in [0.1, 0.15) is 42.7 Å². The zero-order valence-corrected chi connectivity index (χ0v) is 22.7. The molecule has 2 aromatic carbocycles. The molecule has 0 saturated carbocycles. The van der Waals surface area contributed by atoms with Crippen LogP contribution in [0.2, 0.25) is 0 Å². The average molecular weight is 524 g/mol. The number of hydrogen-bond acceptors (Lipinski definition) is 9. The minimum absolute atomic E-state index is 0.0741. The van der Waals surface area contributed by atoms with E-state index in [0.29, 0.717) is 57.7 Å². The molecule has 0 bridgehead atoms. The number of Topliss-reactive ketones (excluding diaryl/α,β-unsaturated/α-hetero) is 1. The van der Waals surface area contributed by atoms with Gasteiger partial charge in [0.15, 0.2) is 28.8 Å². The molecule has 9 nitrogen and oxygen atoms in total. The lowest BCUT2D eigenvalue weighted by molar-refractivity contribution is -0.143. The first-order chi connectivity index (χ1) is 18.3. The van der Waals surface area contributed by atoms with Gasteiger partial charge in [0.2, 0.25) is 5.75 Å². The van der Waals surface area contributed by atoms with Crippen molar-refractivity contribution in [3.05, 3.63) is 52.7 Å². The lowest BCUT2D eigenvalue weighted by atomic mass is 9.69. The smallest absolute Gasteiger partial charge is 0.315 e. The molecule has 0 radical (unpaired) electrons. The Kier molecular flexibility index (Phi) is 7.94. The summed E-state index contributed by atoms with van der Waals surface area (Å²) in [4.78, 5) is 31.7. The van der Waals surface area contributed by atoms with Crippen LogP contribution in [0.4, 0.5) is 0 Å². The second kappa shape index (κ2) is 11.2. The maximum Gasteiger partial charge on any atom is 0.315 e. The number of nitrogens with zero attached hydrogens (tertiary/aromatic N) is 1. The number of ketones is 1. The third-order valence-corrected chi connectivity index (χ3v) is 7.27. The summed E-state index contributed by atoms with van der Waals surface area (Å²) in [6.07, 6.45) is 0.792. The van der Waals surface area contributed by atoms with Gasteiger partial charge in [0.05, 0.1) is 42.7 Å². The van der Waals surface area contributed by atoms with E-state index >= 15 is 0 Å². The number of rotatable bonds is 8. The summed E-state index contributed by atoms with van der Waals surface area (Å²) in [6.45, 7) is 1.79. The second-order valence-electron chi connectivity index (χ2n) is 9.19. The third kappa shape index (κ3) is 4.68. The van der Waals surface area contributed by atoms with Crippen LogP contribution in [0.3, 0.4) is 0 Å². The first kappa shape index (κ1) is 27.0. The van der Waals surface area contributed by atoms with Crippen LogP contribution in [0, 0.1) is 5.92 Å². The molecule has 0 amide bonds. The van der Waals surface area contributed by atoms with Crippen LogP contribution in [-0.2, 0) is 14.3 Å². The number of ether oxygens (including phenoxy) is 6. The number of carbonyl (C=O) groups is 2. The van der Waals surface area contributed by atoms with Gasteiger partial charge in [-0.05, 0) is 54.7 Å². The Morgan fingerprint density at radius 1 is 0.789 bits per heavy atom. The van der Waals surface area contributed by atoms with Gasteiger partial charge in [-0.15, -0.1) is 0 Å². The first-order valence-electron chi connectivity index (χ1n) is 12.2. The highest BCUT2D eigenvalue weighted by atomic mass is 16.5. The summed E-state index contributed by atoms with van der Waals surface area (Å²) in [5.41, 5.74) is 3.38. The molecule has 2 aliphatic rings. The maximum absolute atomic E-state index is 13.8. The molecule has 1 heterocycles. The van der Waals surface area contributed by atoms with Crippen LogP contribution in [-0.4, -0.2) is 60.1 Å². The Balaban J connectivity index is 1.85. The van der Waals surface area contributed by atoms with Gasteiger partial charge in [0.1, 0.15) is 5.92 Å². The summed E-state index contributed by atoms with van der Waals surface area (Å²) in [6, 6.07) is 9.23. The van der Waals surface area contributed by atoms with Crippen molar-refractivity contribution >= 4 is 17.5 Å². The molecular formula is C29H33NO8. The quantitative estimate of drug-likeness (QED) is 0.467. The van der Waals surface area contributed by atoms with Gasteiger partial charge in [-0.1, -0.05) is 6.07 Å². The first-order valence-corrected chi connectivity index (χ1v) is 12.2. The summed E-state index contributed by atoms with van der Waals surface area (Å²) < 4.78 is 32.6. The van der Waals surface area contributed by atoms with Crippen LogP contribution in [0.25, 0.3) is 0 Å². The van der Waals surface area contributed by atoms with Crippen molar-refractivity contribution in [1.29, 1.82) is 0 Å². The SMILES string of the molecule is COC(=O)C1C(C)=NC2=C(C(=O)CC(c3ccc(OC)c(OC)c3)C2)C1c1cc(OC)c(OC)c(OC)c1. The Labute approximate surface area is 222 Å². The molecule has 1 aliphatic carbocycles. The average Bonchev–Trinajstić information content (AvgIpc) is 2.94. The summed E-state index contributed by atoms with van der Waals surface area (Å²) in [7, 11) is 9.07. The van der Waals surface area contributed by atoms with Gasteiger partial charge < -0.3 is 28.4 Å². The van der Waals surface area contributed by atoms with E-state index in [4.69, 9.17) is 33.4 Å². The lowest BCUT2D eigenvalue weighted by Crippen LogP contribution is -2.37. The minimum atomic E-state index is -0.775. The lowest BCUT2D eigenvalue weighted by Gasteiger charge is -2.36. The zero-order valence-electron chi connectivity index (χ0n) is 22.7. The molecular weight excluding hydrogens is 490 g/mol. The highest BCUT2D eigenvalue weighted by molar-refractivity contribution is 6.09. The second-order valence-corrected chi connectivity index (χ2v) is 9.19. The topological polar surface area (TPSA) is 102 Å². The number of benzene rings is 2. The van der Waals surface area contributed by atoms with Crippen molar-refractivity contribution in [2.24, 2.45) is 10.9 Å². The maximum atomic E-state index is 13.8. The molecule has 9 heteroatoms. The van der Waals surface area contributed by atoms with E-state index < -0.39 is 17.8 Å². The predicted octanol–water partition coefficient (Wildman–Crippen LogP) is 4.48. The van der Waals surface area contributed by atoms with Crippen molar-refractivity contribution in [2.75, 3.05) is 42.7 Å². The Morgan fingerprint density at radius 3 is 1.95 bits per heavy atom. The van der Waals surface area contributed by atoms with Crippen molar-refractivity contribution in [3.8, 4) is 28.7 Å². The van der Waals surface area contributed by atoms with Crippen molar-refractivity contribution in [2.45, 2.75) is 31.6 Å². The molecule has 1 aliphatic heterocycles. The standard InChI is InChI=1S/C29H33NO8/c1-15-25(29(32)38-7)26(18-13-23(35-4)28(37-6)24(14-18)36-5)27-19(30-15)10-17(11-20(27)31)16-8-9-21(33-2)22(12-16)34-3/h8-9,12-14,17,25-26H,10-11H2,1-7H3. The van der Waals surface area contributed by atoms with Gasteiger partial charge >= 0.3 is 5.97 Å². The Hall–Kier alpha value is -4.01. The van der Waals surface area contributed by atoms with E-state index in [1.165, 1.54) is 28.4 Å². The predicted molar refractivity (Wildman–Crippen MR) is 141 cm³/mol. The molecule has 4 rings (SSSR count). The fourth-order valence-corrected chi connectivity index (χ4v) is 5.48. The largest absolute Gasteiger partial charge is 0.493 e. The number of esters is 1. The van der Waals surface area contributed by atoms with E-state index in [1.54, 1.807) is 33.3 Å². The highest BCUT2D eigenvalue weighted by Gasteiger charge is 2.45. The zero-order chi connectivity index (χ0) is 27.6. The van der Waals surface area contributed by atoms with Gasteiger partial charge in [-0.3, -0.25) is 14.6 Å². The Bertz CT molecular complexity index is 1290. The van der Waals surface area contributed by atoms with E-state index in [-0.39, 0.29) is 18.1 Å². The fraction of sp³-hybridized carbons (Fsp3) is 0.414. The normalized spacial score (nSPS) is 20.8. The van der Waals surface area contributed by atoms with Crippen molar-refractivity contribution in [3.63, 3.8) is 0 Å². The van der Waals surface area contributed by atoms with E-state index in [1.807, 2.05) is 18.2 Å². The number of methoxy groups -OCH3 is 6. The van der Waals surface area contributed by atoms with Crippen molar-refractivity contribution < 1.29 is 38.0 Å². The fourth-order valence-electron chi connectivity index (χ4n) is 5.48. The summed E-state index contributed by atoms with van der Waals surface area (Å²) >= 11 is 0. The Morgan fingerprint density at radius 2 is 1.39 bits per heavy atom. The van der Waals surface area contributed by atoms with Crippen LogP contribution >= 0.6 is 0 Å². The molecule has 0 N–H and O–H groups in total. The van der Waals surface area contributed by atoms with E-state index in [2.05, 4.69) is 0 Å². The number of aliphatic imine (C=N–C) groups is 1. The number of allylic oxidation sites excluding steroid dienone is 2. The molecule has 38 heavy (non-hydrogen) atoms. The molecule has 202 valence electrons. The van der Waals surface area contributed by atoms with Gasteiger partial charge in [0, 0.05) is 29.3 Å². The third-order valence-electron chi connectivity index (χ3n) is 7.27. The van der Waals surface area contributed by atoms with E-state index in [9.17, 15) is 9.59 Å². The van der Waals surface area contributed by atoms with E-state index in [0.717, 1.165) is 5.56 Å². The van der Waals surface area contributed by atoms with Gasteiger partial charge in [-0.2, -0.15) is 0 Å². The van der Waals surface area contributed by atoms with Crippen LogP contribution < -0.4 is 23.7 Å². The molecule has 0 saturated heterocycles. The van der Waals surface area contributed by atoms with Gasteiger partial charge in [0.25, 0.3) is 0 Å². The van der Waals surface area contributed by atoms with Gasteiger partial charge in [-0.25, -0.2) is 0 Å². The van der Waals surface area contributed by atoms with Crippen LogP contribution in [0.5, 0.6) is 28.7 Å². The highest BCUT2D eigenvalue weighted by Crippen LogP contribution is 2.50. The minimum Gasteiger partial charge on any atom is -0.493 e. The molecule has 3 unspecified atom stereocenters. The van der Waals surface area contributed by atoms with Crippen LogP contribution in [0.15, 0.2) is 46.6 Å². The number of hydrogen-bond donors (Lipinski definition) is 0. The molecule has 0 aromatic heterocycles. The number of carbonyl (C=O) groups excluding carboxylic acids is 2.